The maximum atomic E-state index is 12.0. The summed E-state index contributed by atoms with van der Waals surface area (Å²) in [6.07, 6.45) is 3.14. The molecule has 2 amide bonds. The first kappa shape index (κ1) is 15.4. The maximum Gasteiger partial charge on any atom is 0.274 e. The number of hydrogen-bond acceptors (Lipinski definition) is 4. The largest absolute Gasteiger partial charge is 0.364 e. The number of primary amides is 1. The average Bonchev–Trinajstić information content (AvgIpc) is 2.44. The number of nitrogens with one attached hydrogen (secondary N) is 1. The summed E-state index contributed by atoms with van der Waals surface area (Å²) >= 11 is 0. The van der Waals surface area contributed by atoms with Gasteiger partial charge in [-0.05, 0) is 30.2 Å². The van der Waals surface area contributed by atoms with E-state index in [1.54, 1.807) is 25.4 Å². The fourth-order valence-electron chi connectivity index (χ4n) is 2.02. The van der Waals surface area contributed by atoms with Gasteiger partial charge in [-0.15, -0.1) is 0 Å². The zero-order chi connectivity index (χ0) is 16.3. The standard InChI is InChI=1S/C15H16N4O3/c1-9-5-12(15(22)19(2)8-9)18-13(20)6-10-3-4-11(14(16)21)17-7-10/h3-5,7-8H,6H2,1-2H3,(H2,16,21)(H,18,20). The third-order valence-corrected chi connectivity index (χ3v) is 3.04. The van der Waals surface area contributed by atoms with Crippen LogP contribution in [0.25, 0.3) is 0 Å². The molecule has 2 heterocycles. The first-order chi connectivity index (χ1) is 10.4. The smallest absolute Gasteiger partial charge is 0.274 e. The molecule has 0 unspecified atom stereocenters. The van der Waals surface area contributed by atoms with Crippen molar-refractivity contribution in [2.45, 2.75) is 13.3 Å². The van der Waals surface area contributed by atoms with E-state index in [0.29, 0.717) is 5.56 Å². The van der Waals surface area contributed by atoms with Crippen molar-refractivity contribution in [3.8, 4) is 0 Å². The number of nitrogens with two attached hydrogens (primary N) is 1. The monoisotopic (exact) mass is 300 g/mol. The summed E-state index contributed by atoms with van der Waals surface area (Å²) in [7, 11) is 1.62. The number of carbonyl (C=O) groups excluding carboxylic acids is 2. The predicted octanol–water partition coefficient (Wildman–Crippen LogP) is 0.369. The van der Waals surface area contributed by atoms with Crippen LogP contribution in [-0.4, -0.2) is 21.4 Å². The Morgan fingerprint density at radius 2 is 2.09 bits per heavy atom. The molecule has 0 aliphatic heterocycles. The lowest BCUT2D eigenvalue weighted by molar-refractivity contribution is -0.115. The van der Waals surface area contributed by atoms with Gasteiger partial charge < -0.3 is 15.6 Å². The average molecular weight is 300 g/mol. The zero-order valence-electron chi connectivity index (χ0n) is 12.3. The molecular weight excluding hydrogens is 284 g/mol. The Morgan fingerprint density at radius 3 is 2.68 bits per heavy atom. The van der Waals surface area contributed by atoms with Crippen molar-refractivity contribution in [3.63, 3.8) is 0 Å². The lowest BCUT2D eigenvalue weighted by Gasteiger charge is -2.08. The molecule has 2 aromatic rings. The fourth-order valence-corrected chi connectivity index (χ4v) is 2.02. The van der Waals surface area contributed by atoms with E-state index in [1.165, 1.54) is 16.8 Å². The van der Waals surface area contributed by atoms with Crippen LogP contribution in [0.1, 0.15) is 21.6 Å². The summed E-state index contributed by atoms with van der Waals surface area (Å²) < 4.78 is 1.41. The first-order valence-electron chi connectivity index (χ1n) is 6.58. The Labute approximate surface area is 126 Å². The SMILES string of the molecule is Cc1cc(NC(=O)Cc2ccc(C(N)=O)nc2)c(=O)n(C)c1. The number of carbonyl (C=O) groups is 2. The third kappa shape index (κ3) is 3.57. The van der Waals surface area contributed by atoms with Gasteiger partial charge in [-0.3, -0.25) is 19.4 Å². The Morgan fingerprint density at radius 1 is 1.36 bits per heavy atom. The molecule has 0 saturated carbocycles. The summed E-state index contributed by atoms with van der Waals surface area (Å²) in [4.78, 5) is 38.7. The number of nitrogens with zero attached hydrogens (tertiary/aromatic N) is 2. The van der Waals surface area contributed by atoms with Crippen LogP contribution in [0.3, 0.4) is 0 Å². The zero-order valence-corrected chi connectivity index (χ0v) is 12.3. The van der Waals surface area contributed by atoms with E-state index in [4.69, 9.17) is 5.73 Å². The van der Waals surface area contributed by atoms with Crippen LogP contribution < -0.4 is 16.6 Å². The molecule has 2 rings (SSSR count). The van der Waals surface area contributed by atoms with E-state index in [9.17, 15) is 14.4 Å². The number of hydrogen-bond donors (Lipinski definition) is 2. The molecule has 0 aliphatic carbocycles. The van der Waals surface area contributed by atoms with E-state index in [2.05, 4.69) is 10.3 Å². The second kappa shape index (κ2) is 6.21. The molecular formula is C15H16N4O3. The lowest BCUT2D eigenvalue weighted by Crippen LogP contribution is -2.25. The summed E-state index contributed by atoms with van der Waals surface area (Å²) in [5.41, 5.74) is 6.67. The van der Waals surface area contributed by atoms with Crippen molar-refractivity contribution in [3.05, 3.63) is 57.8 Å². The molecule has 0 aromatic carbocycles. The molecule has 7 heteroatoms. The van der Waals surface area contributed by atoms with Crippen LogP contribution in [0, 0.1) is 6.92 Å². The fraction of sp³-hybridized carbons (Fsp3) is 0.200. The number of aromatic nitrogens is 2. The van der Waals surface area contributed by atoms with Crippen LogP contribution >= 0.6 is 0 Å². The summed E-state index contributed by atoms with van der Waals surface area (Å²) in [5, 5.41) is 2.59. The van der Waals surface area contributed by atoms with E-state index < -0.39 is 5.91 Å². The van der Waals surface area contributed by atoms with Crippen LogP contribution in [-0.2, 0) is 18.3 Å². The molecule has 0 radical (unpaired) electrons. The second-order valence-electron chi connectivity index (χ2n) is 4.99. The molecule has 7 nitrogen and oxygen atoms in total. The molecule has 0 bridgehead atoms. The van der Waals surface area contributed by atoms with Crippen molar-refractivity contribution < 1.29 is 9.59 Å². The van der Waals surface area contributed by atoms with Crippen molar-refractivity contribution in [2.75, 3.05) is 5.32 Å². The van der Waals surface area contributed by atoms with E-state index in [-0.39, 0.29) is 29.3 Å². The highest BCUT2D eigenvalue weighted by Crippen LogP contribution is 2.06. The predicted molar refractivity (Wildman–Crippen MR) is 81.5 cm³/mol. The molecule has 0 saturated heterocycles. The second-order valence-corrected chi connectivity index (χ2v) is 4.99. The maximum absolute atomic E-state index is 12.0. The number of aryl methyl sites for hydroxylation is 2. The highest BCUT2D eigenvalue weighted by atomic mass is 16.2. The van der Waals surface area contributed by atoms with E-state index in [0.717, 1.165) is 5.56 Å². The summed E-state index contributed by atoms with van der Waals surface area (Å²) in [5.74, 6) is -0.962. The molecule has 22 heavy (non-hydrogen) atoms. The van der Waals surface area contributed by atoms with Crippen LogP contribution in [0.5, 0.6) is 0 Å². The van der Waals surface area contributed by atoms with Gasteiger partial charge in [0.1, 0.15) is 11.4 Å². The Balaban J connectivity index is 2.10. The van der Waals surface area contributed by atoms with Gasteiger partial charge in [-0.1, -0.05) is 6.07 Å². The summed E-state index contributed by atoms with van der Waals surface area (Å²) in [6, 6.07) is 4.67. The van der Waals surface area contributed by atoms with Gasteiger partial charge in [0.25, 0.3) is 11.5 Å². The van der Waals surface area contributed by atoms with E-state index >= 15 is 0 Å². The highest BCUT2D eigenvalue weighted by Gasteiger charge is 2.09. The van der Waals surface area contributed by atoms with Gasteiger partial charge >= 0.3 is 0 Å². The third-order valence-electron chi connectivity index (χ3n) is 3.04. The van der Waals surface area contributed by atoms with Gasteiger partial charge in [-0.2, -0.15) is 0 Å². The van der Waals surface area contributed by atoms with Crippen LogP contribution in [0.4, 0.5) is 5.69 Å². The lowest BCUT2D eigenvalue weighted by atomic mass is 10.2. The quantitative estimate of drug-likeness (QED) is 0.850. The Bertz CT molecular complexity index is 778. The Kier molecular flexibility index (Phi) is 4.36. The number of amides is 2. The number of rotatable bonds is 4. The van der Waals surface area contributed by atoms with Crippen LogP contribution in [0.2, 0.25) is 0 Å². The van der Waals surface area contributed by atoms with Crippen molar-refractivity contribution in [2.24, 2.45) is 12.8 Å². The minimum absolute atomic E-state index is 0.0448. The molecule has 3 N–H and O–H groups in total. The highest BCUT2D eigenvalue weighted by molar-refractivity contribution is 5.93. The normalized spacial score (nSPS) is 10.3. The molecule has 0 aliphatic rings. The van der Waals surface area contributed by atoms with Crippen molar-refractivity contribution in [1.82, 2.24) is 9.55 Å². The minimum atomic E-state index is -0.626. The van der Waals surface area contributed by atoms with Crippen molar-refractivity contribution >= 4 is 17.5 Å². The molecule has 0 spiro atoms. The van der Waals surface area contributed by atoms with Gasteiger partial charge in [0, 0.05) is 19.4 Å². The molecule has 0 atom stereocenters. The van der Waals surface area contributed by atoms with Gasteiger partial charge in [0.2, 0.25) is 5.91 Å². The topological polar surface area (TPSA) is 107 Å². The minimum Gasteiger partial charge on any atom is -0.364 e. The van der Waals surface area contributed by atoms with Crippen molar-refractivity contribution in [1.29, 1.82) is 0 Å². The number of anilines is 1. The first-order valence-corrected chi connectivity index (χ1v) is 6.58. The molecule has 0 fully saturated rings. The van der Waals surface area contributed by atoms with Gasteiger partial charge in [0.05, 0.1) is 6.42 Å². The number of pyridine rings is 2. The molecule has 2 aromatic heterocycles. The summed E-state index contributed by atoms with van der Waals surface area (Å²) in [6.45, 7) is 1.83. The van der Waals surface area contributed by atoms with Crippen LogP contribution in [0.15, 0.2) is 35.4 Å². The molecule has 114 valence electrons. The Hall–Kier alpha value is -2.96. The van der Waals surface area contributed by atoms with Gasteiger partial charge in [0.15, 0.2) is 0 Å². The van der Waals surface area contributed by atoms with Gasteiger partial charge in [-0.25, -0.2) is 0 Å². The van der Waals surface area contributed by atoms with E-state index in [1.807, 2.05) is 6.92 Å².